The van der Waals surface area contributed by atoms with Gasteiger partial charge < -0.3 is 15.7 Å². The Morgan fingerprint density at radius 2 is 2.13 bits per heavy atom. The number of hydrogen-bond acceptors (Lipinski definition) is 5. The van der Waals surface area contributed by atoms with E-state index in [0.717, 1.165) is 41.1 Å². The summed E-state index contributed by atoms with van der Waals surface area (Å²) in [6, 6.07) is 12.0. The maximum Gasteiger partial charge on any atom is 0.417 e. The highest BCUT2D eigenvalue weighted by Gasteiger charge is 2.23. The molecular weight excluding hydrogens is 396 g/mol. The van der Waals surface area contributed by atoms with Crippen LogP contribution in [0.4, 0.5) is 15.5 Å². The Hall–Kier alpha value is -2.48. The molecule has 0 bridgehead atoms. The van der Waals surface area contributed by atoms with E-state index in [1.807, 2.05) is 30.3 Å². The van der Waals surface area contributed by atoms with Crippen molar-refractivity contribution in [1.29, 1.82) is 0 Å². The smallest absolute Gasteiger partial charge is 0.417 e. The molecule has 1 atom stereocenters. The molecule has 6 nitrogen and oxygen atoms in total. The van der Waals surface area contributed by atoms with Crippen LogP contribution in [0.25, 0.3) is 10.1 Å². The SMILES string of the molecule is CC(CC1CCNCC1)NCc1cnccc1N(C(=O)O)c1cc2ccccc2s1. The highest BCUT2D eigenvalue weighted by molar-refractivity contribution is 7.23. The summed E-state index contributed by atoms with van der Waals surface area (Å²) in [5.41, 5.74) is 1.54. The normalized spacial score (nSPS) is 15.9. The van der Waals surface area contributed by atoms with Crippen LogP contribution in [0.2, 0.25) is 0 Å². The molecule has 1 amide bonds. The molecule has 7 heteroatoms. The van der Waals surface area contributed by atoms with Gasteiger partial charge in [-0.25, -0.2) is 9.69 Å². The van der Waals surface area contributed by atoms with Gasteiger partial charge in [-0.2, -0.15) is 0 Å². The van der Waals surface area contributed by atoms with Crippen LogP contribution in [0.3, 0.4) is 0 Å². The summed E-state index contributed by atoms with van der Waals surface area (Å²) in [5, 5.41) is 18.7. The van der Waals surface area contributed by atoms with Crippen LogP contribution < -0.4 is 15.5 Å². The highest BCUT2D eigenvalue weighted by Crippen LogP contribution is 2.37. The van der Waals surface area contributed by atoms with Crippen LogP contribution in [0.1, 0.15) is 31.7 Å². The Labute approximate surface area is 180 Å². The molecule has 3 heterocycles. The minimum atomic E-state index is -0.989. The van der Waals surface area contributed by atoms with Gasteiger partial charge in [0.2, 0.25) is 0 Å². The van der Waals surface area contributed by atoms with Crippen LogP contribution in [-0.4, -0.2) is 35.3 Å². The molecule has 158 valence electrons. The van der Waals surface area contributed by atoms with Crippen LogP contribution in [-0.2, 0) is 6.54 Å². The minimum absolute atomic E-state index is 0.365. The Kier molecular flexibility index (Phi) is 6.62. The molecule has 30 heavy (non-hydrogen) atoms. The van der Waals surface area contributed by atoms with Crippen molar-refractivity contribution in [2.24, 2.45) is 5.92 Å². The number of anilines is 2. The second-order valence-corrected chi connectivity index (χ2v) is 9.02. The number of pyridine rings is 1. The van der Waals surface area contributed by atoms with Gasteiger partial charge in [-0.15, -0.1) is 11.3 Å². The lowest BCUT2D eigenvalue weighted by Crippen LogP contribution is -2.34. The van der Waals surface area contributed by atoms with Gasteiger partial charge in [0.05, 0.1) is 5.69 Å². The molecule has 0 aliphatic carbocycles. The third-order valence-electron chi connectivity index (χ3n) is 5.73. The zero-order chi connectivity index (χ0) is 20.9. The summed E-state index contributed by atoms with van der Waals surface area (Å²) in [7, 11) is 0. The van der Waals surface area contributed by atoms with Crippen molar-refractivity contribution in [2.45, 2.75) is 38.8 Å². The molecule has 3 aromatic rings. The standard InChI is InChI=1S/C23H28N4O2S/c1-16(12-17-6-9-24-10-7-17)26-15-19-14-25-11-8-20(19)27(23(28)29)22-13-18-4-2-3-5-21(18)30-22/h2-5,8,11,13-14,16-17,24,26H,6-7,9-10,12,15H2,1H3,(H,28,29). The quantitative estimate of drug-likeness (QED) is 0.499. The maximum absolute atomic E-state index is 12.2. The van der Waals surface area contributed by atoms with Crippen LogP contribution in [0.5, 0.6) is 0 Å². The largest absolute Gasteiger partial charge is 0.464 e. The zero-order valence-electron chi connectivity index (χ0n) is 17.2. The van der Waals surface area contributed by atoms with E-state index in [2.05, 4.69) is 22.5 Å². The summed E-state index contributed by atoms with van der Waals surface area (Å²) in [4.78, 5) is 17.8. The van der Waals surface area contributed by atoms with Crippen molar-refractivity contribution >= 4 is 38.2 Å². The van der Waals surface area contributed by atoms with E-state index in [1.54, 1.807) is 18.5 Å². The molecule has 1 unspecified atom stereocenters. The predicted molar refractivity (Wildman–Crippen MR) is 123 cm³/mol. The van der Waals surface area contributed by atoms with Gasteiger partial charge in [-0.1, -0.05) is 18.2 Å². The average Bonchev–Trinajstić information content (AvgIpc) is 3.17. The molecule has 1 aliphatic rings. The number of fused-ring (bicyclic) bond motifs is 1. The fourth-order valence-corrected chi connectivity index (χ4v) is 5.22. The number of amides is 1. The lowest BCUT2D eigenvalue weighted by atomic mass is 9.91. The van der Waals surface area contributed by atoms with Gasteiger partial charge in [-0.05, 0) is 68.8 Å². The summed E-state index contributed by atoms with van der Waals surface area (Å²) >= 11 is 1.48. The molecule has 0 spiro atoms. The first-order valence-corrected chi connectivity index (χ1v) is 11.3. The molecule has 2 aromatic heterocycles. The first-order valence-electron chi connectivity index (χ1n) is 10.5. The number of rotatable bonds is 7. The van der Waals surface area contributed by atoms with Crippen molar-refractivity contribution in [3.05, 3.63) is 54.4 Å². The fraction of sp³-hybridized carbons (Fsp3) is 0.391. The number of carbonyl (C=O) groups is 1. The summed E-state index contributed by atoms with van der Waals surface area (Å²) in [6.07, 6.45) is 6.02. The summed E-state index contributed by atoms with van der Waals surface area (Å²) in [5.74, 6) is 0.746. The highest BCUT2D eigenvalue weighted by atomic mass is 32.1. The Bertz CT molecular complexity index is 967. The second kappa shape index (κ2) is 9.55. The average molecular weight is 425 g/mol. The van der Waals surface area contributed by atoms with Crippen LogP contribution in [0.15, 0.2) is 48.8 Å². The van der Waals surface area contributed by atoms with E-state index in [0.29, 0.717) is 23.3 Å². The number of benzene rings is 1. The molecule has 0 radical (unpaired) electrons. The fourth-order valence-electron chi connectivity index (χ4n) is 4.15. The van der Waals surface area contributed by atoms with E-state index >= 15 is 0 Å². The zero-order valence-corrected chi connectivity index (χ0v) is 18.0. The van der Waals surface area contributed by atoms with Gasteiger partial charge in [0.1, 0.15) is 5.00 Å². The first kappa shape index (κ1) is 20.8. The van der Waals surface area contributed by atoms with Gasteiger partial charge >= 0.3 is 6.09 Å². The van der Waals surface area contributed by atoms with Crippen molar-refractivity contribution < 1.29 is 9.90 Å². The lowest BCUT2D eigenvalue weighted by Gasteiger charge is -2.26. The molecule has 3 N–H and O–H groups in total. The van der Waals surface area contributed by atoms with Gasteiger partial charge in [0, 0.05) is 35.2 Å². The molecule has 1 fully saturated rings. The van der Waals surface area contributed by atoms with E-state index in [-0.39, 0.29) is 0 Å². The maximum atomic E-state index is 12.2. The van der Waals surface area contributed by atoms with Gasteiger partial charge in [0.15, 0.2) is 0 Å². The molecule has 1 saturated heterocycles. The molecule has 1 aliphatic heterocycles. The summed E-state index contributed by atoms with van der Waals surface area (Å²) < 4.78 is 1.07. The number of aromatic nitrogens is 1. The van der Waals surface area contributed by atoms with E-state index in [1.165, 1.54) is 29.1 Å². The number of thiophene rings is 1. The van der Waals surface area contributed by atoms with Crippen LogP contribution in [0, 0.1) is 5.92 Å². The van der Waals surface area contributed by atoms with Crippen molar-refractivity contribution in [3.63, 3.8) is 0 Å². The second-order valence-electron chi connectivity index (χ2n) is 7.96. The molecule has 1 aromatic carbocycles. The third kappa shape index (κ3) is 4.80. The topological polar surface area (TPSA) is 77.5 Å². The number of hydrogen-bond donors (Lipinski definition) is 3. The third-order valence-corrected chi connectivity index (χ3v) is 6.83. The Balaban J connectivity index is 1.52. The summed E-state index contributed by atoms with van der Waals surface area (Å²) in [6.45, 7) is 5.00. The number of carboxylic acid groups (broad SMARTS) is 1. The van der Waals surface area contributed by atoms with Crippen molar-refractivity contribution in [3.8, 4) is 0 Å². The van der Waals surface area contributed by atoms with Crippen LogP contribution >= 0.6 is 11.3 Å². The van der Waals surface area contributed by atoms with Crippen molar-refractivity contribution in [1.82, 2.24) is 15.6 Å². The van der Waals surface area contributed by atoms with E-state index in [4.69, 9.17) is 0 Å². The van der Waals surface area contributed by atoms with E-state index < -0.39 is 6.09 Å². The molecular formula is C23H28N4O2S. The Morgan fingerprint density at radius 1 is 1.33 bits per heavy atom. The molecule has 0 saturated carbocycles. The van der Waals surface area contributed by atoms with Crippen molar-refractivity contribution in [2.75, 3.05) is 18.0 Å². The minimum Gasteiger partial charge on any atom is -0.464 e. The number of nitrogens with zero attached hydrogens (tertiary/aromatic N) is 2. The van der Waals surface area contributed by atoms with Gasteiger partial charge in [-0.3, -0.25) is 4.98 Å². The molecule has 4 rings (SSSR count). The first-order chi connectivity index (χ1) is 14.6. The monoisotopic (exact) mass is 424 g/mol. The Morgan fingerprint density at radius 3 is 2.90 bits per heavy atom. The number of nitrogens with one attached hydrogen (secondary N) is 2. The van der Waals surface area contributed by atoms with E-state index in [9.17, 15) is 9.90 Å². The predicted octanol–water partition coefficient (Wildman–Crippen LogP) is 4.98. The lowest BCUT2D eigenvalue weighted by molar-refractivity contribution is 0.205. The number of piperidine rings is 1. The van der Waals surface area contributed by atoms with Gasteiger partial charge in [0.25, 0.3) is 0 Å².